The Bertz CT molecular complexity index is 2700. The standard InChI is InChI=1S/C52H72F2N11O11PS/c1-64-26-23-34-18-21-40(65(34)50(72)38(29-64)60-47(69)37-28-32-27-33(17-19-35(32)58-37)52(53,54)77(74,75)76)48(70)59-36(20-22-42(55)66)46(68)62-44(31-13-7-6-8-14-31)49(71)57-25-12-5-3-2-4-11-24-56-43(67)16-10-9-15-41-45-39(30-78-41)61-51(73)63-45/h6-8,13-14,17,19,27-28,34,36,38-41,44-45,58H,2-5,9-12,15-16,18,20-26,29-30H2,1H3,(H2,55,66)(H,56,67)(H,57,71)(H,59,70)(H,60,69)(H,62,68)(H2,61,63,73)(H2,74,75,76)/t34-,36+,38+,39+,40+,41+,44+,45+/m1/s1. The number of alkyl halides is 2. The second-order valence-electron chi connectivity index (χ2n) is 20.7. The summed E-state index contributed by atoms with van der Waals surface area (Å²) in [4.78, 5) is 131. The summed E-state index contributed by atoms with van der Waals surface area (Å²) in [7, 11) is -4.10. The summed E-state index contributed by atoms with van der Waals surface area (Å²) < 4.78 is 40.5. The Morgan fingerprint density at radius 3 is 2.29 bits per heavy atom. The predicted octanol–water partition coefficient (Wildman–Crippen LogP) is 3.10. The van der Waals surface area contributed by atoms with Crippen LogP contribution in [-0.2, 0) is 39.0 Å². The molecule has 0 saturated carbocycles. The van der Waals surface area contributed by atoms with Gasteiger partial charge in [0.15, 0.2) is 0 Å². The Kier molecular flexibility index (Phi) is 20.7. The number of nitrogens with two attached hydrogens (primary N) is 1. The number of fused-ring (bicyclic) bond motifs is 3. The molecule has 4 aliphatic rings. The minimum atomic E-state index is -5.87. The Labute approximate surface area is 455 Å². The number of thioether (sulfide) groups is 1. The summed E-state index contributed by atoms with van der Waals surface area (Å²) in [6, 6.07) is 7.59. The number of urea groups is 1. The van der Waals surface area contributed by atoms with Crippen molar-refractivity contribution in [1.82, 2.24) is 52.0 Å². The highest BCUT2D eigenvalue weighted by Gasteiger charge is 2.51. The van der Waals surface area contributed by atoms with Crippen molar-refractivity contribution in [3.8, 4) is 0 Å². The lowest BCUT2D eigenvalue weighted by molar-refractivity contribution is -0.144. The van der Waals surface area contributed by atoms with Gasteiger partial charge in [-0.2, -0.15) is 20.5 Å². The van der Waals surface area contributed by atoms with Crippen LogP contribution in [0.15, 0.2) is 54.6 Å². The number of amides is 9. The van der Waals surface area contributed by atoms with Gasteiger partial charge in [0.2, 0.25) is 35.4 Å². The van der Waals surface area contributed by atoms with Crippen LogP contribution in [0.5, 0.6) is 0 Å². The van der Waals surface area contributed by atoms with E-state index in [2.05, 4.69) is 42.2 Å². The molecule has 0 spiro atoms. The van der Waals surface area contributed by atoms with Gasteiger partial charge in [0.1, 0.15) is 29.9 Å². The molecule has 26 heteroatoms. The zero-order valence-electron chi connectivity index (χ0n) is 43.6. The first-order valence-corrected chi connectivity index (χ1v) is 29.4. The fourth-order valence-corrected chi connectivity index (χ4v) is 12.6. The van der Waals surface area contributed by atoms with E-state index in [1.54, 1.807) is 37.4 Å². The third-order valence-electron chi connectivity index (χ3n) is 14.9. The van der Waals surface area contributed by atoms with E-state index in [1.807, 2.05) is 16.7 Å². The van der Waals surface area contributed by atoms with Crippen LogP contribution in [0.3, 0.4) is 0 Å². The van der Waals surface area contributed by atoms with Crippen molar-refractivity contribution in [3.63, 3.8) is 0 Å². The quantitative estimate of drug-likeness (QED) is 0.0298. The van der Waals surface area contributed by atoms with Gasteiger partial charge in [0.25, 0.3) is 5.91 Å². The second-order valence-corrected chi connectivity index (χ2v) is 23.6. The number of unbranched alkanes of at least 4 members (excludes halogenated alkanes) is 6. The van der Waals surface area contributed by atoms with E-state index < -0.39 is 84.5 Å². The Balaban J connectivity index is 0.880. The molecule has 3 aromatic rings. The van der Waals surface area contributed by atoms with Gasteiger partial charge in [-0.05, 0) is 88.7 Å². The molecule has 78 heavy (non-hydrogen) atoms. The number of carbonyl (C=O) groups excluding carboxylic acids is 8. The number of hydrogen-bond donors (Lipinski definition) is 11. The van der Waals surface area contributed by atoms with Crippen molar-refractivity contribution in [2.45, 2.75) is 150 Å². The van der Waals surface area contributed by atoms with Crippen LogP contribution in [-0.4, -0.2) is 152 Å². The fraction of sp³-hybridized carbons (Fsp3) is 0.577. The Morgan fingerprint density at radius 1 is 0.859 bits per heavy atom. The number of H-pyrrole nitrogens is 1. The van der Waals surface area contributed by atoms with E-state index >= 15 is 0 Å². The normalized spacial score (nSPS) is 22.2. The summed E-state index contributed by atoms with van der Waals surface area (Å²) >= 11 is 1.87. The first kappa shape index (κ1) is 59.5. The van der Waals surface area contributed by atoms with Crippen LogP contribution in [0.4, 0.5) is 13.6 Å². The molecule has 4 aliphatic heterocycles. The van der Waals surface area contributed by atoms with E-state index in [0.29, 0.717) is 56.1 Å². The summed E-state index contributed by atoms with van der Waals surface area (Å²) in [6.07, 6.45) is 8.96. The van der Waals surface area contributed by atoms with Crippen LogP contribution in [0.25, 0.3) is 10.9 Å². The maximum atomic E-state index is 14.5. The molecule has 9 amide bonds. The predicted molar refractivity (Wildman–Crippen MR) is 287 cm³/mol. The lowest BCUT2D eigenvalue weighted by Crippen LogP contribution is -2.61. The third-order valence-corrected chi connectivity index (χ3v) is 17.4. The molecular formula is C52H72F2N11O11PS. The number of nitrogens with zero attached hydrogens (tertiary/aromatic N) is 2. The molecule has 1 aromatic heterocycles. The molecule has 0 radical (unpaired) electrons. The number of primary amides is 1. The van der Waals surface area contributed by atoms with Crippen molar-refractivity contribution in [1.29, 1.82) is 0 Å². The number of halogens is 2. The van der Waals surface area contributed by atoms with Crippen LogP contribution >= 0.6 is 19.4 Å². The van der Waals surface area contributed by atoms with E-state index in [9.17, 15) is 61.5 Å². The maximum absolute atomic E-state index is 14.5. The molecule has 4 saturated heterocycles. The van der Waals surface area contributed by atoms with Crippen LogP contribution < -0.4 is 43.0 Å². The first-order chi connectivity index (χ1) is 37.2. The van der Waals surface area contributed by atoms with E-state index in [1.165, 1.54) is 11.0 Å². The minimum Gasteiger partial charge on any atom is -0.370 e. The Morgan fingerprint density at radius 2 is 1.58 bits per heavy atom. The summed E-state index contributed by atoms with van der Waals surface area (Å²) in [5.74, 6) is -3.11. The van der Waals surface area contributed by atoms with Gasteiger partial charge in [-0.15, -0.1) is 0 Å². The van der Waals surface area contributed by atoms with Gasteiger partial charge in [0.05, 0.1) is 12.1 Å². The van der Waals surface area contributed by atoms with E-state index in [4.69, 9.17) is 5.73 Å². The molecule has 2 aromatic carbocycles. The van der Waals surface area contributed by atoms with Crippen molar-refractivity contribution in [2.24, 2.45) is 5.73 Å². The topological polar surface area (TPSA) is 327 Å². The molecule has 4 fully saturated rings. The summed E-state index contributed by atoms with van der Waals surface area (Å²) in [5.41, 5.74) is 0.607. The molecule has 22 nitrogen and oxygen atoms in total. The van der Waals surface area contributed by atoms with Gasteiger partial charge in [-0.1, -0.05) is 68.5 Å². The SMILES string of the molecule is CN1CC[C@H]2CC[C@@H](C(=O)N[C@@H](CCC(N)=O)C(=O)N[C@H](C(=O)NCCCCCCCCNC(=O)CCCC[C@@H]3SC[C@@H]4NC(=O)N[C@@H]43)c3ccccc3)N2C(=O)[C@@H](NC(=O)c2cc3cc(C(F)(F)P(=O)(O)O)ccc3[nH]2)C1. The number of nitrogens with one attached hydrogen (secondary N) is 8. The molecule has 8 atom stereocenters. The average Bonchev–Trinajstić information content (AvgIpc) is 4.21. The molecule has 426 valence electrons. The highest BCUT2D eigenvalue weighted by molar-refractivity contribution is 8.00. The van der Waals surface area contributed by atoms with Gasteiger partial charge >= 0.3 is 19.3 Å². The second kappa shape index (κ2) is 27.2. The highest BCUT2D eigenvalue weighted by Crippen LogP contribution is 2.59. The lowest BCUT2D eigenvalue weighted by Gasteiger charge is -2.38. The number of benzene rings is 2. The summed E-state index contributed by atoms with van der Waals surface area (Å²) in [6.45, 7) is 1.46. The van der Waals surface area contributed by atoms with Crippen LogP contribution in [0.1, 0.15) is 124 Å². The zero-order chi connectivity index (χ0) is 56.1. The van der Waals surface area contributed by atoms with Gasteiger partial charge in [0, 0.05) is 66.0 Å². The molecular weight excluding hydrogens is 1060 g/mol. The average molecular weight is 1130 g/mol. The van der Waals surface area contributed by atoms with Gasteiger partial charge in [-0.25, -0.2) is 4.79 Å². The van der Waals surface area contributed by atoms with E-state index in [-0.39, 0.29) is 66.4 Å². The number of carbonyl (C=O) groups is 8. The monoisotopic (exact) mass is 1130 g/mol. The number of aromatic nitrogens is 1. The fourth-order valence-electron chi connectivity index (χ4n) is 10.6. The Hall–Kier alpha value is -6.14. The van der Waals surface area contributed by atoms with Gasteiger partial charge < -0.3 is 67.5 Å². The van der Waals surface area contributed by atoms with Crippen molar-refractivity contribution in [2.75, 3.05) is 39.0 Å². The van der Waals surface area contributed by atoms with Crippen molar-refractivity contribution < 1.29 is 61.5 Å². The van der Waals surface area contributed by atoms with Crippen LogP contribution in [0, 0.1) is 0 Å². The zero-order valence-corrected chi connectivity index (χ0v) is 45.3. The molecule has 5 heterocycles. The molecule has 0 bridgehead atoms. The van der Waals surface area contributed by atoms with Gasteiger partial charge in [-0.3, -0.25) is 38.1 Å². The number of likely N-dealkylation sites (N-methyl/N-ethyl adjacent to an activating group) is 1. The number of hydrogen-bond acceptors (Lipinski definition) is 11. The molecule has 0 unspecified atom stereocenters. The summed E-state index contributed by atoms with van der Waals surface area (Å²) in [5, 5.41) is 20.5. The van der Waals surface area contributed by atoms with Crippen molar-refractivity contribution >= 4 is 77.6 Å². The number of aromatic amines is 1. The third kappa shape index (κ3) is 15.6. The molecule has 0 aliphatic carbocycles. The van der Waals surface area contributed by atoms with E-state index in [0.717, 1.165) is 75.3 Å². The maximum Gasteiger partial charge on any atom is 0.399 e. The molecule has 12 N–H and O–H groups in total. The largest absolute Gasteiger partial charge is 0.399 e. The first-order valence-electron chi connectivity index (χ1n) is 26.8. The smallest absolute Gasteiger partial charge is 0.370 e. The molecule has 7 rings (SSSR count). The lowest BCUT2D eigenvalue weighted by atomic mass is 10.0. The van der Waals surface area contributed by atoms with Crippen LogP contribution in [0.2, 0.25) is 0 Å². The van der Waals surface area contributed by atoms with Crippen molar-refractivity contribution in [3.05, 3.63) is 71.4 Å². The minimum absolute atomic E-state index is 0.0298. The highest BCUT2D eigenvalue weighted by atomic mass is 32.2. The number of rotatable bonds is 27.